The normalized spacial score (nSPS) is 15.8. The van der Waals surface area contributed by atoms with E-state index in [2.05, 4.69) is 41.1 Å². The Morgan fingerprint density at radius 2 is 2.05 bits per heavy atom. The maximum atomic E-state index is 12.2. The minimum Gasteiger partial charge on any atom is -0.354 e. The average Bonchev–Trinajstić information content (AvgIpc) is 2.88. The van der Waals surface area contributed by atoms with Gasteiger partial charge in [-0.25, -0.2) is 9.97 Å². The quantitative estimate of drug-likeness (QED) is 0.877. The lowest BCUT2D eigenvalue weighted by molar-refractivity contribution is 0.0926. The molecule has 0 unspecified atom stereocenters. The number of hydrogen-bond donors (Lipinski definition) is 2. The zero-order valence-electron chi connectivity index (χ0n) is 12.3. The van der Waals surface area contributed by atoms with Gasteiger partial charge in [0.05, 0.1) is 0 Å². The summed E-state index contributed by atoms with van der Waals surface area (Å²) in [5, 5.41) is 3.09. The van der Waals surface area contributed by atoms with Gasteiger partial charge >= 0.3 is 0 Å². The number of amides is 1. The van der Waals surface area contributed by atoms with Crippen LogP contribution in [0.1, 0.15) is 29.0 Å². The molecule has 22 heavy (non-hydrogen) atoms. The molecule has 3 rings (SSSR count). The van der Waals surface area contributed by atoms with Crippen molar-refractivity contribution in [2.45, 2.75) is 25.8 Å². The number of rotatable bonds is 3. The molecule has 1 aliphatic rings. The van der Waals surface area contributed by atoms with Crippen molar-refractivity contribution in [2.75, 3.05) is 18.0 Å². The van der Waals surface area contributed by atoms with Crippen LogP contribution in [-0.4, -0.2) is 40.0 Å². The highest BCUT2D eigenvalue weighted by Gasteiger charge is 2.23. The number of aryl methyl sites for hydroxylation is 1. The Hall–Kier alpha value is -1.89. The summed E-state index contributed by atoms with van der Waals surface area (Å²) in [4.78, 5) is 26.0. The highest BCUT2D eigenvalue weighted by molar-refractivity contribution is 9.10. The van der Waals surface area contributed by atoms with Gasteiger partial charge in [-0.15, -0.1) is 0 Å². The topological polar surface area (TPSA) is 73.9 Å². The molecule has 0 aliphatic carbocycles. The van der Waals surface area contributed by atoms with Crippen molar-refractivity contribution in [1.29, 1.82) is 0 Å². The van der Waals surface area contributed by atoms with Crippen LogP contribution in [0.2, 0.25) is 0 Å². The molecule has 1 saturated heterocycles. The van der Waals surface area contributed by atoms with E-state index in [-0.39, 0.29) is 11.9 Å². The number of aromatic nitrogens is 3. The zero-order chi connectivity index (χ0) is 15.5. The minimum absolute atomic E-state index is 0.0526. The molecule has 0 atom stereocenters. The molecule has 3 heterocycles. The third-order valence-corrected chi connectivity index (χ3v) is 4.68. The highest BCUT2D eigenvalue weighted by atomic mass is 79.9. The van der Waals surface area contributed by atoms with Gasteiger partial charge in [-0.05, 0) is 47.8 Å². The fourth-order valence-corrected chi connectivity index (χ4v) is 2.92. The van der Waals surface area contributed by atoms with Gasteiger partial charge in [-0.2, -0.15) is 0 Å². The molecule has 0 bridgehead atoms. The van der Waals surface area contributed by atoms with Crippen LogP contribution in [0.3, 0.4) is 0 Å². The summed E-state index contributed by atoms with van der Waals surface area (Å²) in [6.45, 7) is 3.63. The molecule has 0 radical (unpaired) electrons. The summed E-state index contributed by atoms with van der Waals surface area (Å²) in [6, 6.07) is 3.82. The molecule has 0 aromatic carbocycles. The van der Waals surface area contributed by atoms with Crippen molar-refractivity contribution in [3.8, 4) is 0 Å². The second kappa shape index (κ2) is 6.48. The summed E-state index contributed by atoms with van der Waals surface area (Å²) in [5.74, 6) is 0.708. The standard InChI is InChI=1S/C15H18BrN5O/c1-10-12(16)9-13(19-10)14(22)20-11-3-7-21(8-4-11)15-17-5-2-6-18-15/h2,5-6,9,11,19H,3-4,7-8H2,1H3,(H,20,22). The molecule has 1 fully saturated rings. The van der Waals surface area contributed by atoms with Crippen LogP contribution in [0.15, 0.2) is 29.0 Å². The number of aromatic amines is 1. The lowest BCUT2D eigenvalue weighted by Crippen LogP contribution is -2.45. The maximum absolute atomic E-state index is 12.2. The first-order valence-corrected chi connectivity index (χ1v) is 8.10. The summed E-state index contributed by atoms with van der Waals surface area (Å²) >= 11 is 3.41. The third kappa shape index (κ3) is 3.30. The summed E-state index contributed by atoms with van der Waals surface area (Å²) in [7, 11) is 0. The molecule has 2 N–H and O–H groups in total. The van der Waals surface area contributed by atoms with Crippen molar-refractivity contribution in [1.82, 2.24) is 20.3 Å². The second-order valence-corrected chi connectivity index (χ2v) is 6.29. The van der Waals surface area contributed by atoms with E-state index in [0.717, 1.165) is 42.0 Å². The van der Waals surface area contributed by atoms with Crippen LogP contribution >= 0.6 is 15.9 Å². The number of H-pyrrole nitrogens is 1. The lowest BCUT2D eigenvalue weighted by atomic mass is 10.1. The van der Waals surface area contributed by atoms with Crippen molar-refractivity contribution >= 4 is 27.8 Å². The molecule has 2 aromatic heterocycles. The number of carbonyl (C=O) groups excluding carboxylic acids is 1. The van der Waals surface area contributed by atoms with E-state index in [4.69, 9.17) is 0 Å². The van der Waals surface area contributed by atoms with Crippen LogP contribution in [0.5, 0.6) is 0 Å². The Labute approximate surface area is 137 Å². The first-order chi connectivity index (χ1) is 10.6. The predicted octanol–water partition coefficient (Wildman–Crippen LogP) is 2.27. The molecule has 7 heteroatoms. The number of piperidine rings is 1. The number of carbonyl (C=O) groups is 1. The maximum Gasteiger partial charge on any atom is 0.267 e. The number of hydrogen-bond acceptors (Lipinski definition) is 4. The van der Waals surface area contributed by atoms with Gasteiger partial charge in [0.15, 0.2) is 0 Å². The van der Waals surface area contributed by atoms with Crippen LogP contribution in [0.25, 0.3) is 0 Å². The fourth-order valence-electron chi connectivity index (χ4n) is 2.60. The Kier molecular flexibility index (Phi) is 4.42. The van der Waals surface area contributed by atoms with Gasteiger partial charge in [0.1, 0.15) is 5.69 Å². The van der Waals surface area contributed by atoms with Gasteiger partial charge in [0.2, 0.25) is 5.95 Å². The average molecular weight is 364 g/mol. The van der Waals surface area contributed by atoms with Gasteiger partial charge < -0.3 is 15.2 Å². The van der Waals surface area contributed by atoms with E-state index in [0.29, 0.717) is 5.69 Å². The van der Waals surface area contributed by atoms with Gasteiger partial charge in [-0.1, -0.05) is 0 Å². The molecule has 0 saturated carbocycles. The van der Waals surface area contributed by atoms with E-state index in [9.17, 15) is 4.79 Å². The number of anilines is 1. The molecular weight excluding hydrogens is 346 g/mol. The molecule has 6 nitrogen and oxygen atoms in total. The SMILES string of the molecule is Cc1[nH]c(C(=O)NC2CCN(c3ncccn3)CC2)cc1Br. The first-order valence-electron chi connectivity index (χ1n) is 7.31. The van der Waals surface area contributed by atoms with Gasteiger partial charge in [0.25, 0.3) is 5.91 Å². The lowest BCUT2D eigenvalue weighted by Gasteiger charge is -2.32. The van der Waals surface area contributed by atoms with E-state index in [1.54, 1.807) is 12.4 Å². The zero-order valence-corrected chi connectivity index (χ0v) is 13.9. The summed E-state index contributed by atoms with van der Waals surface area (Å²) in [6.07, 6.45) is 5.29. The van der Waals surface area contributed by atoms with Gasteiger partial charge in [-0.3, -0.25) is 4.79 Å². The van der Waals surface area contributed by atoms with Crippen LogP contribution in [0, 0.1) is 6.92 Å². The van der Waals surface area contributed by atoms with Gasteiger partial charge in [0, 0.05) is 41.7 Å². The largest absolute Gasteiger partial charge is 0.354 e. The minimum atomic E-state index is -0.0526. The molecule has 2 aromatic rings. The molecular formula is C15H18BrN5O. The fraction of sp³-hybridized carbons (Fsp3) is 0.400. The molecule has 1 amide bonds. The molecule has 0 spiro atoms. The molecule has 1 aliphatic heterocycles. The van der Waals surface area contributed by atoms with Crippen LogP contribution in [0.4, 0.5) is 5.95 Å². The van der Waals surface area contributed by atoms with Crippen molar-refractivity contribution in [3.63, 3.8) is 0 Å². The van der Waals surface area contributed by atoms with E-state index < -0.39 is 0 Å². The first kappa shape index (κ1) is 15.0. The summed E-state index contributed by atoms with van der Waals surface area (Å²) in [5.41, 5.74) is 1.55. The molecule has 116 valence electrons. The monoisotopic (exact) mass is 363 g/mol. The summed E-state index contributed by atoms with van der Waals surface area (Å²) < 4.78 is 0.925. The third-order valence-electron chi connectivity index (χ3n) is 3.86. The Balaban J connectivity index is 1.55. The van der Waals surface area contributed by atoms with Crippen molar-refractivity contribution in [2.24, 2.45) is 0 Å². The Bertz CT molecular complexity index is 630. The Morgan fingerprint density at radius 3 is 2.64 bits per heavy atom. The number of nitrogens with one attached hydrogen (secondary N) is 2. The highest BCUT2D eigenvalue weighted by Crippen LogP contribution is 2.18. The van der Waals surface area contributed by atoms with E-state index in [1.165, 1.54) is 0 Å². The van der Waals surface area contributed by atoms with E-state index >= 15 is 0 Å². The number of nitrogens with zero attached hydrogens (tertiary/aromatic N) is 3. The smallest absolute Gasteiger partial charge is 0.267 e. The van der Waals surface area contributed by atoms with Crippen LogP contribution < -0.4 is 10.2 Å². The van der Waals surface area contributed by atoms with Crippen molar-refractivity contribution in [3.05, 3.63) is 40.4 Å². The Morgan fingerprint density at radius 1 is 1.36 bits per heavy atom. The number of halogens is 1. The second-order valence-electron chi connectivity index (χ2n) is 5.44. The van der Waals surface area contributed by atoms with E-state index in [1.807, 2.05) is 19.1 Å². The van der Waals surface area contributed by atoms with Crippen LogP contribution in [-0.2, 0) is 0 Å². The van der Waals surface area contributed by atoms with Crippen molar-refractivity contribution < 1.29 is 4.79 Å². The predicted molar refractivity (Wildman–Crippen MR) is 88.0 cm³/mol.